The van der Waals surface area contributed by atoms with Gasteiger partial charge in [-0.2, -0.15) is 13.2 Å². The molecule has 0 fully saturated rings. The van der Waals surface area contributed by atoms with Gasteiger partial charge in [-0.3, -0.25) is 9.00 Å². The Morgan fingerprint density at radius 2 is 1.84 bits per heavy atom. The number of carbonyl (C=O) groups is 1. The average Bonchev–Trinajstić information content (AvgIpc) is 2.27. The van der Waals surface area contributed by atoms with Crippen LogP contribution in [-0.4, -0.2) is 34.0 Å². The molecule has 1 atom stereocenters. The molecular weight excluding hydrogens is 285 g/mol. The van der Waals surface area contributed by atoms with Crippen molar-refractivity contribution in [3.8, 4) is 0 Å². The van der Waals surface area contributed by atoms with E-state index in [0.29, 0.717) is 5.56 Å². The maximum Gasteiger partial charge on any atom is 0.411 e. The molecule has 0 aliphatic heterocycles. The molecule has 4 nitrogen and oxygen atoms in total. The molecule has 0 saturated heterocycles. The number of aliphatic carboxylic acids is 1. The van der Waals surface area contributed by atoms with Gasteiger partial charge < -0.3 is 9.84 Å². The van der Waals surface area contributed by atoms with Gasteiger partial charge in [0.2, 0.25) is 0 Å². The second kappa shape index (κ2) is 6.67. The van der Waals surface area contributed by atoms with Crippen LogP contribution in [0.2, 0.25) is 0 Å². The van der Waals surface area contributed by atoms with Gasteiger partial charge in [-0.05, 0) is 17.7 Å². The average molecular weight is 296 g/mol. The molecule has 0 saturated carbocycles. The second-order valence-electron chi connectivity index (χ2n) is 3.64. The summed E-state index contributed by atoms with van der Waals surface area (Å²) in [5, 5.41) is 8.55. The van der Waals surface area contributed by atoms with Crippen LogP contribution in [0.4, 0.5) is 13.2 Å². The van der Waals surface area contributed by atoms with Gasteiger partial charge in [0.25, 0.3) is 0 Å². The van der Waals surface area contributed by atoms with Gasteiger partial charge in [-0.15, -0.1) is 0 Å². The Morgan fingerprint density at radius 1 is 1.26 bits per heavy atom. The van der Waals surface area contributed by atoms with E-state index >= 15 is 0 Å². The Balaban J connectivity index is 2.51. The number of rotatable bonds is 6. The van der Waals surface area contributed by atoms with E-state index in [4.69, 9.17) is 5.11 Å². The fourth-order valence-electron chi connectivity index (χ4n) is 1.23. The second-order valence-corrected chi connectivity index (χ2v) is 5.04. The van der Waals surface area contributed by atoms with Crippen LogP contribution < -0.4 is 0 Å². The maximum absolute atomic E-state index is 11.8. The van der Waals surface area contributed by atoms with Crippen LogP contribution in [0.15, 0.2) is 29.2 Å². The van der Waals surface area contributed by atoms with Gasteiger partial charge >= 0.3 is 12.1 Å². The van der Waals surface area contributed by atoms with Crippen molar-refractivity contribution in [3.63, 3.8) is 0 Å². The minimum absolute atomic E-state index is 0.169. The first-order chi connectivity index (χ1) is 8.78. The van der Waals surface area contributed by atoms with E-state index in [0.717, 1.165) is 0 Å². The van der Waals surface area contributed by atoms with Gasteiger partial charge in [0, 0.05) is 4.90 Å². The minimum Gasteiger partial charge on any atom is -0.481 e. The first-order valence-electron chi connectivity index (χ1n) is 5.11. The normalized spacial score (nSPS) is 13.2. The Morgan fingerprint density at radius 3 is 2.32 bits per heavy atom. The lowest BCUT2D eigenvalue weighted by molar-refractivity contribution is -0.169. The van der Waals surface area contributed by atoms with E-state index < -0.39 is 35.5 Å². The van der Waals surface area contributed by atoms with Gasteiger partial charge in [0.15, 0.2) is 0 Å². The number of hydrogen-bond donors (Lipinski definition) is 1. The molecule has 0 spiro atoms. The maximum atomic E-state index is 11.8. The van der Waals surface area contributed by atoms with E-state index in [9.17, 15) is 22.2 Å². The van der Waals surface area contributed by atoms with Crippen LogP contribution in [0.25, 0.3) is 0 Å². The van der Waals surface area contributed by atoms with Crippen molar-refractivity contribution < 1.29 is 32.0 Å². The van der Waals surface area contributed by atoms with Crippen molar-refractivity contribution in [2.24, 2.45) is 0 Å². The van der Waals surface area contributed by atoms with E-state index in [1.165, 1.54) is 24.3 Å². The minimum atomic E-state index is -4.45. The zero-order chi connectivity index (χ0) is 14.5. The first kappa shape index (κ1) is 15.6. The molecule has 1 aromatic carbocycles. The Labute approximate surface area is 109 Å². The molecule has 1 rings (SSSR count). The molecule has 0 radical (unpaired) electrons. The molecule has 106 valence electrons. The van der Waals surface area contributed by atoms with Crippen molar-refractivity contribution >= 4 is 16.8 Å². The standard InChI is InChI=1S/C11H11F3O4S/c12-11(13,14)6-18-7-19(17)9-3-1-8(2-4-9)5-10(15)16/h1-4H,5-7H2,(H,15,16). The SMILES string of the molecule is O=C(O)Cc1ccc(S(=O)COCC(F)(F)F)cc1. The van der Waals surface area contributed by atoms with Crippen molar-refractivity contribution in [3.05, 3.63) is 29.8 Å². The molecule has 0 heterocycles. The zero-order valence-electron chi connectivity index (χ0n) is 9.64. The van der Waals surface area contributed by atoms with E-state index in [2.05, 4.69) is 4.74 Å². The molecule has 0 amide bonds. The number of ether oxygens (including phenoxy) is 1. The topological polar surface area (TPSA) is 63.6 Å². The summed E-state index contributed by atoms with van der Waals surface area (Å²) in [6.07, 6.45) is -4.62. The summed E-state index contributed by atoms with van der Waals surface area (Å²) in [4.78, 5) is 10.7. The van der Waals surface area contributed by atoms with Crippen molar-refractivity contribution in [2.45, 2.75) is 17.5 Å². The van der Waals surface area contributed by atoms with Gasteiger partial charge in [0.1, 0.15) is 12.5 Å². The number of benzene rings is 1. The lowest BCUT2D eigenvalue weighted by Crippen LogP contribution is -2.18. The largest absolute Gasteiger partial charge is 0.481 e. The monoisotopic (exact) mass is 296 g/mol. The lowest BCUT2D eigenvalue weighted by atomic mass is 10.2. The smallest absolute Gasteiger partial charge is 0.411 e. The van der Waals surface area contributed by atoms with Crippen LogP contribution >= 0.6 is 0 Å². The van der Waals surface area contributed by atoms with Crippen molar-refractivity contribution in [2.75, 3.05) is 12.5 Å². The third-order valence-electron chi connectivity index (χ3n) is 2.00. The van der Waals surface area contributed by atoms with Crippen LogP contribution in [0.1, 0.15) is 5.56 Å². The predicted octanol–water partition coefficient (Wildman–Crippen LogP) is 1.96. The Hall–Kier alpha value is -1.41. The number of carboxylic acid groups (broad SMARTS) is 1. The van der Waals surface area contributed by atoms with E-state index in [1.54, 1.807) is 0 Å². The molecule has 8 heteroatoms. The van der Waals surface area contributed by atoms with Crippen LogP contribution in [0.3, 0.4) is 0 Å². The zero-order valence-corrected chi connectivity index (χ0v) is 10.5. The molecular formula is C11H11F3O4S. The highest BCUT2D eigenvalue weighted by atomic mass is 32.2. The number of alkyl halides is 3. The van der Waals surface area contributed by atoms with Crippen molar-refractivity contribution in [1.82, 2.24) is 0 Å². The Kier molecular flexibility index (Phi) is 5.49. The summed E-state index contributed by atoms with van der Waals surface area (Å²) in [6.45, 7) is -1.45. The van der Waals surface area contributed by atoms with E-state index in [1.807, 2.05) is 0 Å². The quantitative estimate of drug-likeness (QED) is 0.871. The number of hydrogen-bond acceptors (Lipinski definition) is 3. The molecule has 0 aromatic heterocycles. The summed E-state index contributed by atoms with van der Waals surface area (Å²) in [6, 6.07) is 5.74. The molecule has 1 aromatic rings. The van der Waals surface area contributed by atoms with Crippen LogP contribution in [0.5, 0.6) is 0 Å². The molecule has 0 aliphatic carbocycles. The molecule has 1 unspecified atom stereocenters. The van der Waals surface area contributed by atoms with Gasteiger partial charge in [-0.1, -0.05) is 12.1 Å². The Bertz CT molecular complexity index is 456. The molecule has 0 bridgehead atoms. The highest BCUT2D eigenvalue weighted by Crippen LogP contribution is 2.15. The fraction of sp³-hybridized carbons (Fsp3) is 0.364. The van der Waals surface area contributed by atoms with Crippen LogP contribution in [-0.2, 0) is 26.8 Å². The highest BCUT2D eigenvalue weighted by molar-refractivity contribution is 7.84. The summed E-state index contributed by atoms with van der Waals surface area (Å²) in [7, 11) is -1.71. The summed E-state index contributed by atoms with van der Waals surface area (Å²) < 4.78 is 51.3. The number of carboxylic acids is 1. The predicted molar refractivity (Wildman–Crippen MR) is 61.1 cm³/mol. The van der Waals surface area contributed by atoms with E-state index in [-0.39, 0.29) is 11.3 Å². The first-order valence-corrected chi connectivity index (χ1v) is 6.43. The summed E-state index contributed by atoms with van der Waals surface area (Å²) in [5.74, 6) is -1.56. The summed E-state index contributed by atoms with van der Waals surface area (Å²) >= 11 is 0. The van der Waals surface area contributed by atoms with Crippen LogP contribution in [0, 0.1) is 0 Å². The lowest BCUT2D eigenvalue weighted by Gasteiger charge is -2.07. The third kappa shape index (κ3) is 6.35. The van der Waals surface area contributed by atoms with Gasteiger partial charge in [0.05, 0.1) is 17.2 Å². The summed E-state index contributed by atoms with van der Waals surface area (Å²) in [5.41, 5.74) is 0.518. The number of halogens is 3. The molecule has 19 heavy (non-hydrogen) atoms. The van der Waals surface area contributed by atoms with Gasteiger partial charge in [-0.25, -0.2) is 0 Å². The fourth-order valence-corrected chi connectivity index (χ4v) is 2.05. The molecule has 1 N–H and O–H groups in total. The third-order valence-corrected chi connectivity index (χ3v) is 3.18. The highest BCUT2D eigenvalue weighted by Gasteiger charge is 2.27. The van der Waals surface area contributed by atoms with Crippen molar-refractivity contribution in [1.29, 1.82) is 0 Å². The molecule has 0 aliphatic rings.